The van der Waals surface area contributed by atoms with Crippen molar-refractivity contribution in [2.24, 2.45) is 5.92 Å². The summed E-state index contributed by atoms with van der Waals surface area (Å²) < 4.78 is 0. The van der Waals surface area contributed by atoms with E-state index in [1.54, 1.807) is 18.5 Å². The van der Waals surface area contributed by atoms with Crippen LogP contribution in [-0.4, -0.2) is 15.8 Å². The first-order valence-corrected chi connectivity index (χ1v) is 7.28. The highest BCUT2D eigenvalue weighted by molar-refractivity contribution is 6.36. The molecule has 0 aromatic carbocycles. The minimum atomic E-state index is 0.174. The Labute approximate surface area is 117 Å². The lowest BCUT2D eigenvalue weighted by Gasteiger charge is -2.07. The maximum atomic E-state index is 12.3. The Morgan fingerprint density at radius 1 is 1.42 bits per heavy atom. The van der Waals surface area contributed by atoms with E-state index in [4.69, 9.17) is 11.6 Å². The smallest absolute Gasteiger partial charge is 0.165 e. The number of hydrogen-bond donors (Lipinski definition) is 1. The number of carbonyl (C=O) groups excluding carboxylic acids is 1. The zero-order chi connectivity index (χ0) is 13.2. The average Bonchev–Trinajstić information content (AvgIpc) is 3.05. The number of nitrogens with one attached hydrogen (secondary N) is 1. The van der Waals surface area contributed by atoms with E-state index in [2.05, 4.69) is 9.97 Å². The molecule has 1 saturated carbocycles. The van der Waals surface area contributed by atoms with Crippen LogP contribution in [0.25, 0.3) is 11.0 Å². The summed E-state index contributed by atoms with van der Waals surface area (Å²) in [5.41, 5.74) is 1.38. The molecule has 2 heterocycles. The lowest BCUT2D eigenvalue weighted by atomic mass is 9.97. The summed E-state index contributed by atoms with van der Waals surface area (Å²) in [7, 11) is 0. The largest absolute Gasteiger partial charge is 0.345 e. The van der Waals surface area contributed by atoms with E-state index < -0.39 is 0 Å². The van der Waals surface area contributed by atoms with Crippen LogP contribution in [0.5, 0.6) is 0 Å². The molecular weight excluding hydrogens is 260 g/mol. The molecule has 0 unspecified atom stereocenters. The quantitative estimate of drug-likeness (QED) is 0.843. The molecule has 0 saturated heterocycles. The van der Waals surface area contributed by atoms with Crippen molar-refractivity contribution in [1.82, 2.24) is 9.97 Å². The van der Waals surface area contributed by atoms with Gasteiger partial charge < -0.3 is 4.98 Å². The fourth-order valence-electron chi connectivity index (χ4n) is 3.01. The first kappa shape index (κ1) is 12.7. The van der Waals surface area contributed by atoms with Crippen molar-refractivity contribution < 1.29 is 4.79 Å². The molecule has 3 rings (SSSR count). The third-order valence-corrected chi connectivity index (χ3v) is 4.39. The van der Waals surface area contributed by atoms with E-state index in [9.17, 15) is 4.79 Å². The first-order valence-electron chi connectivity index (χ1n) is 6.90. The number of carbonyl (C=O) groups is 1. The Bertz CT molecular complexity index is 599. The number of fused-ring (bicyclic) bond motifs is 1. The number of pyridine rings is 1. The van der Waals surface area contributed by atoms with Crippen LogP contribution in [0.4, 0.5) is 0 Å². The summed E-state index contributed by atoms with van der Waals surface area (Å²) in [6.07, 6.45) is 10.2. The fraction of sp³-hybridized carbons (Fsp3) is 0.467. The number of ketones is 1. The lowest BCUT2D eigenvalue weighted by molar-refractivity contribution is 0.0975. The van der Waals surface area contributed by atoms with E-state index in [0.29, 0.717) is 22.7 Å². The van der Waals surface area contributed by atoms with Crippen LogP contribution >= 0.6 is 11.6 Å². The molecule has 0 spiro atoms. The average molecular weight is 277 g/mol. The Hall–Kier alpha value is -1.35. The highest BCUT2D eigenvalue weighted by Gasteiger charge is 2.19. The molecule has 0 radical (unpaired) electrons. The minimum absolute atomic E-state index is 0.174. The molecule has 1 fully saturated rings. The summed E-state index contributed by atoms with van der Waals surface area (Å²) in [5.74, 6) is 0.913. The Morgan fingerprint density at radius 3 is 3.00 bits per heavy atom. The number of nitrogens with zero attached hydrogens (tertiary/aromatic N) is 1. The molecule has 1 N–H and O–H groups in total. The summed E-state index contributed by atoms with van der Waals surface area (Å²) in [6, 6.07) is 1.73. The molecule has 0 bridgehead atoms. The molecule has 100 valence electrons. The maximum Gasteiger partial charge on any atom is 0.165 e. The second-order valence-electron chi connectivity index (χ2n) is 5.33. The van der Waals surface area contributed by atoms with Crippen molar-refractivity contribution in [3.63, 3.8) is 0 Å². The van der Waals surface area contributed by atoms with Crippen molar-refractivity contribution >= 4 is 28.4 Å². The van der Waals surface area contributed by atoms with Gasteiger partial charge in [0.2, 0.25) is 0 Å². The number of H-pyrrole nitrogens is 1. The van der Waals surface area contributed by atoms with Gasteiger partial charge in [-0.15, -0.1) is 0 Å². The molecular formula is C15H17ClN2O. The third-order valence-electron chi connectivity index (χ3n) is 4.08. The molecule has 0 atom stereocenters. The van der Waals surface area contributed by atoms with Crippen molar-refractivity contribution in [3.8, 4) is 0 Å². The Morgan fingerprint density at radius 2 is 2.21 bits per heavy atom. The Kier molecular flexibility index (Phi) is 3.56. The van der Waals surface area contributed by atoms with Gasteiger partial charge in [0, 0.05) is 29.8 Å². The third kappa shape index (κ3) is 2.52. The van der Waals surface area contributed by atoms with Crippen LogP contribution in [-0.2, 0) is 0 Å². The number of hydrogen-bond acceptors (Lipinski definition) is 2. The highest BCUT2D eigenvalue weighted by Crippen LogP contribution is 2.30. The van der Waals surface area contributed by atoms with Crippen molar-refractivity contribution in [1.29, 1.82) is 0 Å². The van der Waals surface area contributed by atoms with Gasteiger partial charge in [0.15, 0.2) is 5.78 Å². The molecule has 1 aliphatic rings. The van der Waals surface area contributed by atoms with Crippen LogP contribution in [0.1, 0.15) is 48.9 Å². The molecule has 0 aliphatic heterocycles. The summed E-state index contributed by atoms with van der Waals surface area (Å²) in [6.45, 7) is 0. The topological polar surface area (TPSA) is 45.8 Å². The van der Waals surface area contributed by atoms with Crippen molar-refractivity contribution in [2.45, 2.75) is 38.5 Å². The number of halogens is 1. The van der Waals surface area contributed by atoms with E-state index in [1.807, 2.05) is 0 Å². The highest BCUT2D eigenvalue weighted by atomic mass is 35.5. The van der Waals surface area contributed by atoms with Crippen LogP contribution in [0, 0.1) is 5.92 Å². The summed E-state index contributed by atoms with van der Waals surface area (Å²) in [4.78, 5) is 19.5. The lowest BCUT2D eigenvalue weighted by Crippen LogP contribution is -2.02. The molecule has 19 heavy (non-hydrogen) atoms. The number of Topliss-reactive ketones (excluding diaryl/α,β-unsaturated/α-hetero) is 1. The predicted octanol–water partition coefficient (Wildman–Crippen LogP) is 4.37. The SMILES string of the molecule is O=C(CCC1CCCC1)c1c[nH]c2nccc(Cl)c12. The van der Waals surface area contributed by atoms with E-state index in [1.165, 1.54) is 25.7 Å². The normalized spacial score (nSPS) is 16.3. The fourth-order valence-corrected chi connectivity index (χ4v) is 3.25. The van der Waals surface area contributed by atoms with Gasteiger partial charge >= 0.3 is 0 Å². The van der Waals surface area contributed by atoms with Crippen LogP contribution in [0.3, 0.4) is 0 Å². The van der Waals surface area contributed by atoms with E-state index >= 15 is 0 Å². The van der Waals surface area contributed by atoms with Crippen LogP contribution < -0.4 is 0 Å². The molecule has 4 heteroatoms. The number of aromatic amines is 1. The molecule has 3 nitrogen and oxygen atoms in total. The van der Waals surface area contributed by atoms with Gasteiger partial charge in [-0.2, -0.15) is 0 Å². The second-order valence-corrected chi connectivity index (χ2v) is 5.74. The molecule has 1 aliphatic carbocycles. The number of aromatic nitrogens is 2. The van der Waals surface area contributed by atoms with Crippen LogP contribution in [0.15, 0.2) is 18.5 Å². The van der Waals surface area contributed by atoms with Gasteiger partial charge in [0.05, 0.1) is 5.02 Å². The molecule has 0 amide bonds. The zero-order valence-corrected chi connectivity index (χ0v) is 11.5. The van der Waals surface area contributed by atoms with Gasteiger partial charge in [-0.1, -0.05) is 37.3 Å². The van der Waals surface area contributed by atoms with Crippen molar-refractivity contribution in [3.05, 3.63) is 29.0 Å². The zero-order valence-electron chi connectivity index (χ0n) is 10.8. The summed E-state index contributed by atoms with van der Waals surface area (Å²) in [5, 5.41) is 1.36. The summed E-state index contributed by atoms with van der Waals surface area (Å²) >= 11 is 6.16. The van der Waals surface area contributed by atoms with Gasteiger partial charge in [0.25, 0.3) is 0 Å². The van der Waals surface area contributed by atoms with Crippen LogP contribution in [0.2, 0.25) is 5.02 Å². The number of rotatable bonds is 4. The molecule has 2 aromatic heterocycles. The molecule has 2 aromatic rings. The van der Waals surface area contributed by atoms with E-state index in [-0.39, 0.29) is 5.78 Å². The Balaban J connectivity index is 1.77. The standard InChI is InChI=1S/C15H17ClN2O/c16-12-7-8-17-15-14(12)11(9-18-15)13(19)6-5-10-3-1-2-4-10/h7-10H,1-6H2,(H,17,18). The minimum Gasteiger partial charge on any atom is -0.345 e. The monoisotopic (exact) mass is 276 g/mol. The van der Waals surface area contributed by atoms with Crippen molar-refractivity contribution in [2.75, 3.05) is 0 Å². The van der Waals surface area contributed by atoms with Gasteiger partial charge in [-0.3, -0.25) is 4.79 Å². The van der Waals surface area contributed by atoms with Gasteiger partial charge in [0.1, 0.15) is 5.65 Å². The maximum absolute atomic E-state index is 12.3. The van der Waals surface area contributed by atoms with Gasteiger partial charge in [-0.25, -0.2) is 4.98 Å². The van der Waals surface area contributed by atoms with E-state index in [0.717, 1.165) is 17.7 Å². The van der Waals surface area contributed by atoms with Gasteiger partial charge in [-0.05, 0) is 18.4 Å². The second kappa shape index (κ2) is 5.33. The predicted molar refractivity (Wildman–Crippen MR) is 76.6 cm³/mol. The first-order chi connectivity index (χ1) is 9.25.